The molecule has 8 heteroatoms. The highest BCUT2D eigenvalue weighted by Crippen LogP contribution is 2.15. The molecule has 0 aromatic heterocycles. The van der Waals surface area contributed by atoms with Crippen LogP contribution in [0.4, 0.5) is 0 Å². The SMILES string of the molecule is O=C1C=Cc2cc3c(cc2=C1)C=CC(=O)C=3S(=O)(=O)NCCCCCC(=O)O. The molecule has 0 saturated heterocycles. The van der Waals surface area contributed by atoms with Gasteiger partial charge in [0.05, 0.1) is 0 Å². The molecule has 0 saturated carbocycles. The van der Waals surface area contributed by atoms with Crippen molar-refractivity contribution < 1.29 is 27.9 Å². The summed E-state index contributed by atoms with van der Waals surface area (Å²) >= 11 is 0. The van der Waals surface area contributed by atoms with Crippen molar-refractivity contribution >= 4 is 50.7 Å². The number of nitrogens with one attached hydrogen (secondary N) is 1. The van der Waals surface area contributed by atoms with E-state index in [2.05, 4.69) is 4.72 Å². The van der Waals surface area contributed by atoms with Gasteiger partial charge in [-0.3, -0.25) is 14.4 Å². The van der Waals surface area contributed by atoms with Crippen molar-refractivity contribution in [2.24, 2.45) is 0 Å². The fraction of sp³-hybridized carbons (Fsp3) is 0.250. The predicted molar refractivity (Wildman–Crippen MR) is 105 cm³/mol. The van der Waals surface area contributed by atoms with Gasteiger partial charge in [-0.25, -0.2) is 13.1 Å². The lowest BCUT2D eigenvalue weighted by Crippen LogP contribution is -2.35. The van der Waals surface area contributed by atoms with E-state index in [9.17, 15) is 22.8 Å². The molecule has 146 valence electrons. The van der Waals surface area contributed by atoms with Crippen molar-refractivity contribution in [1.29, 1.82) is 0 Å². The Morgan fingerprint density at radius 1 is 0.964 bits per heavy atom. The number of hydrogen-bond acceptors (Lipinski definition) is 5. The summed E-state index contributed by atoms with van der Waals surface area (Å²) in [6, 6.07) is 3.29. The third-order valence-electron chi connectivity index (χ3n) is 4.49. The second-order valence-corrected chi connectivity index (χ2v) is 8.28. The molecule has 28 heavy (non-hydrogen) atoms. The molecule has 2 aliphatic rings. The minimum absolute atomic E-state index is 0.0406. The van der Waals surface area contributed by atoms with E-state index in [4.69, 9.17) is 5.11 Å². The summed E-state index contributed by atoms with van der Waals surface area (Å²) in [6.07, 6.45) is 8.74. The Bertz CT molecular complexity index is 1140. The number of carboxylic acids is 1. The normalized spacial score (nSPS) is 15.2. The van der Waals surface area contributed by atoms with Gasteiger partial charge in [0.1, 0.15) is 4.91 Å². The fourth-order valence-electron chi connectivity index (χ4n) is 3.14. The maximum absolute atomic E-state index is 12.7. The number of carboxylic acid groups (broad SMARTS) is 1. The van der Waals surface area contributed by atoms with Gasteiger partial charge in [0.2, 0.25) is 10.0 Å². The Morgan fingerprint density at radius 2 is 1.71 bits per heavy atom. The zero-order chi connectivity index (χ0) is 20.3. The van der Waals surface area contributed by atoms with Gasteiger partial charge in [0.25, 0.3) is 0 Å². The molecule has 2 N–H and O–H groups in total. The Kier molecular flexibility index (Phi) is 5.71. The van der Waals surface area contributed by atoms with Crippen LogP contribution >= 0.6 is 0 Å². The first kappa shape index (κ1) is 19.9. The number of carbonyl (C=O) groups excluding carboxylic acids is 2. The Hall–Kier alpha value is -2.84. The van der Waals surface area contributed by atoms with Gasteiger partial charge in [-0.15, -0.1) is 0 Å². The number of sulfonamides is 1. The second-order valence-electron chi connectivity index (χ2n) is 6.58. The van der Waals surface area contributed by atoms with E-state index in [1.165, 1.54) is 18.2 Å². The summed E-state index contributed by atoms with van der Waals surface area (Å²) in [5, 5.41) is 9.58. The highest BCUT2D eigenvalue weighted by molar-refractivity contribution is 7.99. The monoisotopic (exact) mass is 401 g/mol. The van der Waals surface area contributed by atoms with Gasteiger partial charge in [0, 0.05) is 18.2 Å². The summed E-state index contributed by atoms with van der Waals surface area (Å²) in [4.78, 5) is 34.1. The van der Waals surface area contributed by atoms with Crippen LogP contribution < -0.4 is 15.2 Å². The first-order valence-electron chi connectivity index (χ1n) is 8.84. The van der Waals surface area contributed by atoms with Gasteiger partial charge in [-0.2, -0.15) is 0 Å². The molecule has 0 spiro atoms. The molecule has 0 amide bonds. The van der Waals surface area contributed by atoms with E-state index < -0.39 is 21.8 Å². The summed E-state index contributed by atoms with van der Waals surface area (Å²) < 4.78 is 27.9. The van der Waals surface area contributed by atoms with E-state index in [0.29, 0.717) is 40.8 Å². The zero-order valence-corrected chi connectivity index (χ0v) is 15.8. The second kappa shape index (κ2) is 8.04. The lowest BCUT2D eigenvalue weighted by Gasteiger charge is -2.14. The number of fused-ring (bicyclic) bond motifs is 2. The minimum Gasteiger partial charge on any atom is -0.481 e. The largest absolute Gasteiger partial charge is 0.481 e. The van der Waals surface area contributed by atoms with Crippen LogP contribution in [0.5, 0.6) is 0 Å². The van der Waals surface area contributed by atoms with Crippen molar-refractivity contribution in [2.75, 3.05) is 6.54 Å². The van der Waals surface area contributed by atoms with E-state index in [-0.39, 0.29) is 23.7 Å². The maximum Gasteiger partial charge on any atom is 0.303 e. The van der Waals surface area contributed by atoms with Crippen molar-refractivity contribution in [3.05, 3.63) is 45.8 Å². The molecular weight excluding hydrogens is 382 g/mol. The molecule has 1 aromatic carbocycles. The summed E-state index contributed by atoms with van der Waals surface area (Å²) in [5.74, 6) is -1.64. The van der Waals surface area contributed by atoms with Crippen LogP contribution in [0.25, 0.3) is 23.1 Å². The summed E-state index contributed by atoms with van der Waals surface area (Å²) in [6.45, 7) is 0.116. The van der Waals surface area contributed by atoms with Crippen LogP contribution in [0.2, 0.25) is 0 Å². The van der Waals surface area contributed by atoms with Gasteiger partial charge in [-0.1, -0.05) is 18.6 Å². The molecule has 1 aromatic rings. The smallest absolute Gasteiger partial charge is 0.303 e. The number of benzene rings is 1. The average molecular weight is 401 g/mol. The van der Waals surface area contributed by atoms with Crippen LogP contribution in [0.1, 0.15) is 36.8 Å². The van der Waals surface area contributed by atoms with Crippen molar-refractivity contribution in [1.82, 2.24) is 4.72 Å². The molecule has 0 fully saturated rings. The molecule has 0 unspecified atom stereocenters. The van der Waals surface area contributed by atoms with Crippen LogP contribution in [0.3, 0.4) is 0 Å². The average Bonchev–Trinajstić information content (AvgIpc) is 2.62. The van der Waals surface area contributed by atoms with Gasteiger partial charge < -0.3 is 5.11 Å². The molecule has 2 aliphatic carbocycles. The number of unbranched alkanes of at least 4 members (excludes halogenated alkanes) is 2. The van der Waals surface area contributed by atoms with Crippen LogP contribution in [0, 0.1) is 0 Å². The van der Waals surface area contributed by atoms with Crippen molar-refractivity contribution in [2.45, 2.75) is 25.7 Å². The molecule has 3 rings (SSSR count). The van der Waals surface area contributed by atoms with Crippen LogP contribution in [0.15, 0.2) is 24.3 Å². The van der Waals surface area contributed by atoms with Gasteiger partial charge >= 0.3 is 5.97 Å². The lowest BCUT2D eigenvalue weighted by molar-refractivity contribution is -0.137. The molecular formula is C20H19NO6S. The highest BCUT2D eigenvalue weighted by atomic mass is 32.2. The van der Waals surface area contributed by atoms with E-state index >= 15 is 0 Å². The third-order valence-corrected chi connectivity index (χ3v) is 6.03. The first-order valence-corrected chi connectivity index (χ1v) is 10.3. The first-order chi connectivity index (χ1) is 13.3. The van der Waals surface area contributed by atoms with Crippen molar-refractivity contribution in [3.8, 4) is 0 Å². The van der Waals surface area contributed by atoms with Gasteiger partial charge in [0.15, 0.2) is 11.6 Å². The fourth-order valence-corrected chi connectivity index (χ4v) is 4.49. The molecule has 0 bridgehead atoms. The van der Waals surface area contributed by atoms with Crippen molar-refractivity contribution in [3.63, 3.8) is 0 Å². The molecule has 0 heterocycles. The minimum atomic E-state index is -4.04. The zero-order valence-electron chi connectivity index (χ0n) is 15.0. The quantitative estimate of drug-likeness (QED) is 0.606. The predicted octanol–water partition coefficient (Wildman–Crippen LogP) is 0.331. The molecule has 7 nitrogen and oxygen atoms in total. The number of allylic oxidation sites excluding steroid dienone is 2. The highest BCUT2D eigenvalue weighted by Gasteiger charge is 2.27. The Balaban J connectivity index is 1.89. The Labute approximate surface area is 161 Å². The van der Waals surface area contributed by atoms with Gasteiger partial charge in [-0.05, 0) is 59.5 Å². The van der Waals surface area contributed by atoms with Crippen LogP contribution in [-0.4, -0.2) is 37.6 Å². The van der Waals surface area contributed by atoms with E-state index in [0.717, 1.165) is 0 Å². The van der Waals surface area contributed by atoms with E-state index in [1.807, 2.05) is 0 Å². The summed E-state index contributed by atoms with van der Waals surface area (Å²) in [7, 11) is -4.04. The summed E-state index contributed by atoms with van der Waals surface area (Å²) in [5.41, 5.74) is 1.22. The van der Waals surface area contributed by atoms with Crippen LogP contribution in [-0.2, 0) is 24.4 Å². The number of carbonyl (C=O) groups is 3. The number of aliphatic carboxylic acids is 1. The maximum atomic E-state index is 12.7. The molecule has 0 atom stereocenters. The third kappa shape index (κ3) is 4.35. The number of ketones is 2. The number of rotatable bonds is 8. The van der Waals surface area contributed by atoms with E-state index in [1.54, 1.807) is 24.3 Å². The topological polar surface area (TPSA) is 118 Å². The standard InChI is InChI=1S/C20H19NO6S/c22-16-7-5-13-12-17-14(10-15(13)11-16)6-8-18(23)20(17)28(26,27)21-9-3-1-2-4-19(24)25/h5-8,10-12,21H,1-4,9H2,(H,24,25). The molecule has 0 radical (unpaired) electrons. The Morgan fingerprint density at radius 3 is 2.46 bits per heavy atom. The lowest BCUT2D eigenvalue weighted by atomic mass is 9.97. The molecule has 0 aliphatic heterocycles. The number of hydrogen-bond donors (Lipinski definition) is 2.